The van der Waals surface area contributed by atoms with Gasteiger partial charge in [0.2, 0.25) is 26.0 Å². The van der Waals surface area contributed by atoms with Crippen LogP contribution in [0, 0.1) is 0 Å². The van der Waals surface area contributed by atoms with Crippen LogP contribution in [-0.4, -0.2) is 82.3 Å². The fourth-order valence-electron chi connectivity index (χ4n) is 2.41. The van der Waals surface area contributed by atoms with Gasteiger partial charge in [-0.3, -0.25) is 4.79 Å². The second-order valence-electron chi connectivity index (χ2n) is 5.86. The summed E-state index contributed by atoms with van der Waals surface area (Å²) in [6.45, 7) is 0.201. The number of amides is 1. The van der Waals surface area contributed by atoms with Crippen LogP contribution >= 0.6 is 23.2 Å². The van der Waals surface area contributed by atoms with E-state index in [4.69, 9.17) is 23.2 Å². The van der Waals surface area contributed by atoms with Crippen LogP contribution in [0.1, 0.15) is 0 Å². The largest absolute Gasteiger partial charge is 0.339 e. The molecule has 0 N–H and O–H groups in total. The lowest BCUT2D eigenvalue weighted by molar-refractivity contribution is -0.132. The summed E-state index contributed by atoms with van der Waals surface area (Å²) in [5, 5.41) is 0.104. The minimum atomic E-state index is -3.84. The molecule has 1 saturated heterocycles. The molecule has 0 radical (unpaired) electrons. The standard InChI is InChI=1S/C14H19Cl2N3O5S2/c1-17(25(2,21)22)10-13(20)18-6-8-19(9-7-18)26(23,24)12-5-3-4-11(15)14(12)16/h3-5H,6-10H2,1-2H3. The Morgan fingerprint density at radius 1 is 1.12 bits per heavy atom. The van der Waals surface area contributed by atoms with Crippen LogP contribution in [0.3, 0.4) is 0 Å². The van der Waals surface area contributed by atoms with Crippen molar-refractivity contribution in [2.24, 2.45) is 0 Å². The number of rotatable bonds is 5. The van der Waals surface area contributed by atoms with Crippen molar-refractivity contribution in [1.29, 1.82) is 0 Å². The molecule has 146 valence electrons. The maximum absolute atomic E-state index is 12.7. The zero-order valence-electron chi connectivity index (χ0n) is 14.2. The van der Waals surface area contributed by atoms with Crippen molar-refractivity contribution >= 4 is 49.2 Å². The number of halogens is 2. The van der Waals surface area contributed by atoms with Crippen molar-refractivity contribution in [2.45, 2.75) is 4.90 Å². The first-order chi connectivity index (χ1) is 11.9. The first kappa shape index (κ1) is 21.4. The quantitative estimate of drug-likeness (QED) is 0.667. The second-order valence-corrected chi connectivity index (χ2v) is 10.6. The van der Waals surface area contributed by atoms with E-state index in [0.717, 1.165) is 10.6 Å². The van der Waals surface area contributed by atoms with Gasteiger partial charge in [0.25, 0.3) is 0 Å². The van der Waals surface area contributed by atoms with Crippen LogP contribution in [0.5, 0.6) is 0 Å². The van der Waals surface area contributed by atoms with E-state index in [1.54, 1.807) is 0 Å². The molecule has 0 saturated carbocycles. The van der Waals surface area contributed by atoms with Crippen molar-refractivity contribution in [3.63, 3.8) is 0 Å². The lowest BCUT2D eigenvalue weighted by Gasteiger charge is -2.34. The van der Waals surface area contributed by atoms with Crippen LogP contribution in [0.4, 0.5) is 0 Å². The van der Waals surface area contributed by atoms with Gasteiger partial charge in [-0.05, 0) is 12.1 Å². The number of hydrogen-bond donors (Lipinski definition) is 0. The molecule has 8 nitrogen and oxygen atoms in total. The minimum Gasteiger partial charge on any atom is -0.339 e. The Labute approximate surface area is 163 Å². The average Bonchev–Trinajstić information content (AvgIpc) is 2.56. The maximum atomic E-state index is 12.7. The molecule has 1 aromatic carbocycles. The summed E-state index contributed by atoms with van der Waals surface area (Å²) < 4.78 is 50.4. The third-order valence-electron chi connectivity index (χ3n) is 4.05. The van der Waals surface area contributed by atoms with Crippen molar-refractivity contribution in [3.05, 3.63) is 28.2 Å². The normalized spacial score (nSPS) is 16.9. The molecule has 0 aliphatic carbocycles. The summed E-state index contributed by atoms with van der Waals surface area (Å²) in [6.07, 6.45) is 1.01. The molecule has 1 aliphatic rings. The molecule has 0 aromatic heterocycles. The summed E-state index contributed by atoms with van der Waals surface area (Å²) in [5.41, 5.74) is 0. The SMILES string of the molecule is CN(CC(=O)N1CCN(S(=O)(=O)c2cccc(Cl)c2Cl)CC1)S(C)(=O)=O. The molecular formula is C14H19Cl2N3O5S2. The highest BCUT2D eigenvalue weighted by Crippen LogP contribution is 2.31. The molecule has 0 unspecified atom stereocenters. The van der Waals surface area contributed by atoms with E-state index >= 15 is 0 Å². The lowest BCUT2D eigenvalue weighted by Crippen LogP contribution is -2.52. The van der Waals surface area contributed by atoms with Gasteiger partial charge in [-0.15, -0.1) is 0 Å². The summed E-state index contributed by atoms with van der Waals surface area (Å²) in [4.78, 5) is 13.6. The van der Waals surface area contributed by atoms with Gasteiger partial charge in [0.15, 0.2) is 0 Å². The molecule has 26 heavy (non-hydrogen) atoms. The van der Waals surface area contributed by atoms with Gasteiger partial charge in [0.05, 0.1) is 22.8 Å². The zero-order chi connectivity index (χ0) is 19.7. The van der Waals surface area contributed by atoms with E-state index in [9.17, 15) is 21.6 Å². The van der Waals surface area contributed by atoms with Crippen LogP contribution in [-0.2, 0) is 24.8 Å². The van der Waals surface area contributed by atoms with Crippen molar-refractivity contribution in [3.8, 4) is 0 Å². The third kappa shape index (κ3) is 4.68. The first-order valence-corrected chi connectivity index (χ1v) is 11.6. The van der Waals surface area contributed by atoms with E-state index in [1.807, 2.05) is 0 Å². The summed E-state index contributed by atoms with van der Waals surface area (Å²) in [5.74, 6) is -0.379. The number of carbonyl (C=O) groups is 1. The van der Waals surface area contributed by atoms with Crippen LogP contribution < -0.4 is 0 Å². The fourth-order valence-corrected chi connectivity index (χ4v) is 4.91. The van der Waals surface area contributed by atoms with Gasteiger partial charge >= 0.3 is 0 Å². The molecule has 1 aliphatic heterocycles. The van der Waals surface area contributed by atoms with Gasteiger partial charge in [-0.1, -0.05) is 29.3 Å². The Balaban J connectivity index is 2.06. The molecule has 2 rings (SSSR count). The van der Waals surface area contributed by atoms with Crippen LogP contribution in [0.25, 0.3) is 0 Å². The fraction of sp³-hybridized carbons (Fsp3) is 0.500. The smallest absolute Gasteiger partial charge is 0.244 e. The Morgan fingerprint density at radius 3 is 2.23 bits per heavy atom. The Morgan fingerprint density at radius 2 is 1.69 bits per heavy atom. The number of nitrogens with zero attached hydrogens (tertiary/aromatic N) is 3. The van der Waals surface area contributed by atoms with Gasteiger partial charge in [0, 0.05) is 33.2 Å². The molecule has 12 heteroatoms. The highest BCUT2D eigenvalue weighted by atomic mass is 35.5. The van der Waals surface area contributed by atoms with Crippen molar-refractivity contribution < 1.29 is 21.6 Å². The van der Waals surface area contributed by atoms with Gasteiger partial charge in [-0.25, -0.2) is 16.8 Å². The highest BCUT2D eigenvalue weighted by molar-refractivity contribution is 7.89. The Hall–Kier alpha value is -0.910. The second kappa shape index (κ2) is 7.99. The van der Waals surface area contributed by atoms with Crippen LogP contribution in [0.2, 0.25) is 10.0 Å². The highest BCUT2D eigenvalue weighted by Gasteiger charge is 2.32. The zero-order valence-corrected chi connectivity index (χ0v) is 17.4. The molecule has 0 spiro atoms. The van der Waals surface area contributed by atoms with E-state index in [-0.39, 0.29) is 53.6 Å². The number of hydrogen-bond acceptors (Lipinski definition) is 5. The van der Waals surface area contributed by atoms with E-state index in [0.29, 0.717) is 0 Å². The Bertz CT molecular complexity index is 897. The number of sulfonamides is 2. The topological polar surface area (TPSA) is 95.1 Å². The molecule has 1 fully saturated rings. The first-order valence-electron chi connectivity index (χ1n) is 7.58. The monoisotopic (exact) mass is 443 g/mol. The van der Waals surface area contributed by atoms with Crippen molar-refractivity contribution in [1.82, 2.24) is 13.5 Å². The van der Waals surface area contributed by atoms with Crippen molar-refractivity contribution in [2.75, 3.05) is 46.0 Å². The van der Waals surface area contributed by atoms with E-state index < -0.39 is 20.0 Å². The summed E-state index contributed by atoms with van der Waals surface area (Å²) >= 11 is 11.9. The van der Waals surface area contributed by atoms with E-state index in [1.165, 1.54) is 34.5 Å². The number of carbonyl (C=O) groups excluding carboxylic acids is 1. The third-order valence-corrected chi connectivity index (χ3v) is 8.18. The summed E-state index contributed by atoms with van der Waals surface area (Å²) in [7, 11) is -5.99. The molecule has 1 heterocycles. The Kier molecular flexibility index (Phi) is 6.57. The average molecular weight is 444 g/mol. The number of likely N-dealkylation sites (N-methyl/N-ethyl adjacent to an activating group) is 1. The predicted molar refractivity (Wildman–Crippen MR) is 99.3 cm³/mol. The molecule has 0 atom stereocenters. The minimum absolute atomic E-state index is 0.0394. The number of benzene rings is 1. The van der Waals surface area contributed by atoms with E-state index in [2.05, 4.69) is 0 Å². The summed E-state index contributed by atoms with van der Waals surface area (Å²) in [6, 6.07) is 4.38. The van der Waals surface area contributed by atoms with Gasteiger partial charge in [0.1, 0.15) is 4.90 Å². The van der Waals surface area contributed by atoms with Crippen LogP contribution in [0.15, 0.2) is 23.1 Å². The molecular weight excluding hydrogens is 425 g/mol. The molecule has 1 amide bonds. The lowest BCUT2D eigenvalue weighted by atomic mass is 10.3. The maximum Gasteiger partial charge on any atom is 0.244 e. The molecule has 0 bridgehead atoms. The molecule has 1 aromatic rings. The van der Waals surface area contributed by atoms with Gasteiger partial charge in [-0.2, -0.15) is 8.61 Å². The van der Waals surface area contributed by atoms with Gasteiger partial charge < -0.3 is 4.90 Å². The predicted octanol–water partition coefficient (Wildman–Crippen LogP) is 0.718. The number of piperazine rings is 1.